The maximum absolute atomic E-state index is 12.2. The minimum absolute atomic E-state index is 0.00508. The summed E-state index contributed by atoms with van der Waals surface area (Å²) in [7, 11) is 1.32. The maximum atomic E-state index is 12.2. The molecule has 1 amide bonds. The number of Topliss-reactive ketones (excluding diaryl/α,β-unsaturated/α-hetero) is 1. The van der Waals surface area contributed by atoms with Crippen molar-refractivity contribution in [1.82, 2.24) is 5.32 Å². The minimum Gasteiger partial charge on any atom is -0.468 e. The van der Waals surface area contributed by atoms with E-state index in [0.29, 0.717) is 19.4 Å². The Morgan fingerprint density at radius 1 is 0.955 bits per heavy atom. The summed E-state index contributed by atoms with van der Waals surface area (Å²) in [4.78, 5) is 35.6. The van der Waals surface area contributed by atoms with Crippen molar-refractivity contribution >= 4 is 17.7 Å². The SMILES string of the molecule is COC(=O)C1CCCCCCCCCCC(=O)NCCC1=O. The third kappa shape index (κ3) is 7.57. The highest BCUT2D eigenvalue weighted by Gasteiger charge is 2.26. The number of ketones is 1. The zero-order chi connectivity index (χ0) is 16.2. The number of methoxy groups -OCH3 is 1. The lowest BCUT2D eigenvalue weighted by molar-refractivity contribution is -0.149. The molecule has 1 aliphatic heterocycles. The van der Waals surface area contributed by atoms with Crippen LogP contribution in [-0.2, 0) is 19.1 Å². The molecule has 1 aliphatic rings. The van der Waals surface area contributed by atoms with E-state index in [2.05, 4.69) is 5.32 Å². The second-order valence-corrected chi connectivity index (χ2v) is 6.01. The maximum Gasteiger partial charge on any atom is 0.316 e. The van der Waals surface area contributed by atoms with Crippen molar-refractivity contribution in [3.63, 3.8) is 0 Å². The topological polar surface area (TPSA) is 72.5 Å². The minimum atomic E-state index is -0.671. The molecule has 1 fully saturated rings. The zero-order valence-corrected chi connectivity index (χ0v) is 13.7. The number of rotatable bonds is 1. The smallest absolute Gasteiger partial charge is 0.316 e. The van der Waals surface area contributed by atoms with Crippen LogP contribution in [0.5, 0.6) is 0 Å². The van der Waals surface area contributed by atoms with Crippen LogP contribution in [0, 0.1) is 5.92 Å². The van der Waals surface area contributed by atoms with Gasteiger partial charge >= 0.3 is 5.97 Å². The fourth-order valence-corrected chi connectivity index (χ4v) is 2.83. The van der Waals surface area contributed by atoms with Crippen LogP contribution in [0.15, 0.2) is 0 Å². The largest absolute Gasteiger partial charge is 0.468 e. The monoisotopic (exact) mass is 311 g/mol. The lowest BCUT2D eigenvalue weighted by Crippen LogP contribution is -2.30. The highest BCUT2D eigenvalue weighted by atomic mass is 16.5. The number of esters is 1. The molecule has 1 rings (SSSR count). The van der Waals surface area contributed by atoms with Gasteiger partial charge in [-0.15, -0.1) is 0 Å². The van der Waals surface area contributed by atoms with Crippen molar-refractivity contribution in [3.8, 4) is 0 Å². The predicted molar refractivity (Wildman–Crippen MR) is 84.3 cm³/mol. The highest BCUT2D eigenvalue weighted by molar-refractivity contribution is 5.99. The van der Waals surface area contributed by atoms with Gasteiger partial charge in [0.15, 0.2) is 0 Å². The summed E-state index contributed by atoms with van der Waals surface area (Å²) in [5.74, 6) is -1.25. The molecule has 1 N–H and O–H groups in total. The van der Waals surface area contributed by atoms with Crippen molar-refractivity contribution in [3.05, 3.63) is 0 Å². The van der Waals surface area contributed by atoms with Gasteiger partial charge in [0.2, 0.25) is 5.91 Å². The second kappa shape index (κ2) is 11.2. The zero-order valence-electron chi connectivity index (χ0n) is 13.7. The number of carbonyl (C=O) groups is 3. The van der Waals surface area contributed by atoms with Gasteiger partial charge in [-0.25, -0.2) is 0 Å². The van der Waals surface area contributed by atoms with Crippen LogP contribution in [0.1, 0.15) is 70.6 Å². The molecule has 0 aromatic rings. The van der Waals surface area contributed by atoms with Crippen LogP contribution in [0.3, 0.4) is 0 Å². The Hall–Kier alpha value is -1.39. The number of hydrogen-bond acceptors (Lipinski definition) is 4. The molecule has 1 atom stereocenters. The van der Waals surface area contributed by atoms with Crippen molar-refractivity contribution in [1.29, 1.82) is 0 Å². The Kier molecular flexibility index (Phi) is 9.51. The Labute approximate surface area is 133 Å². The number of ether oxygens (including phenoxy) is 1. The van der Waals surface area contributed by atoms with E-state index in [1.54, 1.807) is 0 Å². The summed E-state index contributed by atoms with van der Waals surface area (Å²) >= 11 is 0. The second-order valence-electron chi connectivity index (χ2n) is 6.01. The van der Waals surface area contributed by atoms with Gasteiger partial charge in [-0.2, -0.15) is 0 Å². The van der Waals surface area contributed by atoms with Crippen LogP contribution < -0.4 is 5.32 Å². The molecule has 0 aromatic heterocycles. The molecule has 1 saturated heterocycles. The molecule has 22 heavy (non-hydrogen) atoms. The summed E-state index contributed by atoms with van der Waals surface area (Å²) in [6.45, 7) is 0.311. The lowest BCUT2D eigenvalue weighted by atomic mass is 9.94. The van der Waals surface area contributed by atoms with E-state index in [9.17, 15) is 14.4 Å². The number of nitrogens with one attached hydrogen (secondary N) is 1. The molecule has 0 spiro atoms. The van der Waals surface area contributed by atoms with Crippen LogP contribution in [0.2, 0.25) is 0 Å². The van der Waals surface area contributed by atoms with Crippen molar-refractivity contribution in [2.24, 2.45) is 5.92 Å². The van der Waals surface area contributed by atoms with Gasteiger partial charge in [0.25, 0.3) is 0 Å². The van der Waals surface area contributed by atoms with Gasteiger partial charge in [0.05, 0.1) is 7.11 Å². The van der Waals surface area contributed by atoms with E-state index < -0.39 is 11.9 Å². The van der Waals surface area contributed by atoms with Crippen LogP contribution >= 0.6 is 0 Å². The van der Waals surface area contributed by atoms with Crippen molar-refractivity contribution < 1.29 is 19.1 Å². The Balaban J connectivity index is 2.53. The molecule has 0 saturated carbocycles. The molecule has 1 heterocycles. The van der Waals surface area contributed by atoms with E-state index >= 15 is 0 Å². The normalized spacial score (nSPS) is 23.6. The average molecular weight is 311 g/mol. The summed E-state index contributed by atoms with van der Waals surface area (Å²) in [5.41, 5.74) is 0. The van der Waals surface area contributed by atoms with Gasteiger partial charge in [-0.05, 0) is 12.8 Å². The third-order valence-electron chi connectivity index (χ3n) is 4.21. The van der Waals surface area contributed by atoms with Gasteiger partial charge in [-0.1, -0.05) is 44.9 Å². The first-order valence-electron chi connectivity index (χ1n) is 8.52. The number of hydrogen-bond donors (Lipinski definition) is 1. The summed E-state index contributed by atoms with van der Waals surface area (Å²) in [5, 5.41) is 2.76. The Bertz CT molecular complexity index is 368. The lowest BCUT2D eigenvalue weighted by Gasteiger charge is -2.14. The predicted octanol–water partition coefficient (Wildman–Crippen LogP) is 2.77. The highest BCUT2D eigenvalue weighted by Crippen LogP contribution is 2.17. The van der Waals surface area contributed by atoms with Crippen LogP contribution in [0.25, 0.3) is 0 Å². The molecular weight excluding hydrogens is 282 g/mol. The number of carbonyl (C=O) groups excluding carboxylic acids is 3. The molecule has 5 heteroatoms. The molecule has 126 valence electrons. The van der Waals surface area contributed by atoms with Gasteiger partial charge in [0.1, 0.15) is 11.7 Å². The van der Waals surface area contributed by atoms with E-state index in [4.69, 9.17) is 4.74 Å². The van der Waals surface area contributed by atoms with Gasteiger partial charge < -0.3 is 10.1 Å². The first-order valence-corrected chi connectivity index (χ1v) is 8.52. The van der Waals surface area contributed by atoms with E-state index in [1.165, 1.54) is 26.4 Å². The molecule has 0 aromatic carbocycles. The van der Waals surface area contributed by atoms with Crippen LogP contribution in [0.4, 0.5) is 0 Å². The molecule has 5 nitrogen and oxygen atoms in total. The number of amides is 1. The molecule has 1 unspecified atom stereocenters. The van der Waals surface area contributed by atoms with Crippen molar-refractivity contribution in [2.45, 2.75) is 70.6 Å². The summed E-state index contributed by atoms with van der Waals surface area (Å²) < 4.78 is 4.74. The Morgan fingerprint density at radius 2 is 1.55 bits per heavy atom. The van der Waals surface area contributed by atoms with Gasteiger partial charge in [0, 0.05) is 19.4 Å². The Morgan fingerprint density at radius 3 is 2.18 bits per heavy atom. The fraction of sp³-hybridized carbons (Fsp3) is 0.824. The molecule has 0 radical (unpaired) electrons. The summed E-state index contributed by atoms with van der Waals surface area (Å²) in [6.07, 6.45) is 9.90. The third-order valence-corrected chi connectivity index (χ3v) is 4.21. The fourth-order valence-electron chi connectivity index (χ4n) is 2.83. The average Bonchev–Trinajstić information content (AvgIpc) is 2.51. The first kappa shape index (κ1) is 18.7. The molecular formula is C17H29NO4. The summed E-state index contributed by atoms with van der Waals surface area (Å²) in [6, 6.07) is 0. The molecule has 0 aliphatic carbocycles. The molecule has 0 bridgehead atoms. The van der Waals surface area contributed by atoms with E-state index in [0.717, 1.165) is 32.1 Å². The quantitative estimate of drug-likeness (QED) is 0.597. The van der Waals surface area contributed by atoms with E-state index in [-0.39, 0.29) is 18.1 Å². The first-order chi connectivity index (χ1) is 10.6. The standard InChI is InChI=1S/C17H29NO4/c1-22-17(21)14-10-8-6-4-2-3-5-7-9-11-16(20)18-13-12-15(14)19/h14H,2-13H2,1H3,(H,18,20). The van der Waals surface area contributed by atoms with E-state index in [1.807, 2.05) is 0 Å². The van der Waals surface area contributed by atoms with Crippen molar-refractivity contribution in [2.75, 3.05) is 13.7 Å². The van der Waals surface area contributed by atoms with Crippen LogP contribution in [-0.4, -0.2) is 31.3 Å². The van der Waals surface area contributed by atoms with Gasteiger partial charge in [-0.3, -0.25) is 14.4 Å².